The van der Waals surface area contributed by atoms with E-state index in [2.05, 4.69) is 20.8 Å². The normalized spacial score (nSPS) is 13.8. The third-order valence-electron chi connectivity index (χ3n) is 5.02. The van der Waals surface area contributed by atoms with Gasteiger partial charge in [-0.05, 0) is 56.2 Å². The molecule has 0 saturated carbocycles. The number of carboxylic acid groups (broad SMARTS) is 1. The first-order chi connectivity index (χ1) is 14.1. The van der Waals surface area contributed by atoms with Crippen LogP contribution in [0.15, 0.2) is 48.5 Å². The lowest BCUT2D eigenvalue weighted by Gasteiger charge is -2.28. The molecule has 2 unspecified atom stereocenters. The molecular weight excluding hydrogens is 378 g/mol. The van der Waals surface area contributed by atoms with Crippen LogP contribution in [0.1, 0.15) is 67.4 Å². The van der Waals surface area contributed by atoms with Crippen molar-refractivity contribution >= 4 is 5.97 Å². The van der Waals surface area contributed by atoms with E-state index in [1.165, 1.54) is 0 Å². The van der Waals surface area contributed by atoms with Gasteiger partial charge in [0.25, 0.3) is 0 Å². The van der Waals surface area contributed by atoms with Crippen molar-refractivity contribution < 1.29 is 9.90 Å². The number of nitrogens with one attached hydrogen (secondary N) is 1. The number of aryl methyl sites for hydroxylation is 2. The van der Waals surface area contributed by atoms with E-state index in [0.717, 1.165) is 22.3 Å². The monoisotopic (exact) mass is 407 g/mol. The van der Waals surface area contributed by atoms with Crippen LogP contribution in [0.25, 0.3) is 0 Å². The van der Waals surface area contributed by atoms with Gasteiger partial charge in [0, 0.05) is 6.04 Å². The maximum Gasteiger partial charge on any atom is 0.305 e. The molecule has 2 aromatic carbocycles. The fourth-order valence-corrected chi connectivity index (χ4v) is 3.38. The molecule has 0 radical (unpaired) electrons. The van der Waals surface area contributed by atoms with E-state index >= 15 is 0 Å². The van der Waals surface area contributed by atoms with Crippen molar-refractivity contribution in [3.8, 4) is 0 Å². The third kappa shape index (κ3) is 5.10. The topological polar surface area (TPSA) is 92.9 Å². The van der Waals surface area contributed by atoms with Crippen LogP contribution < -0.4 is 5.32 Å². The van der Waals surface area contributed by atoms with Crippen molar-refractivity contribution in [3.05, 3.63) is 76.6 Å². The molecular formula is C23H29N5O2. The van der Waals surface area contributed by atoms with E-state index in [4.69, 9.17) is 0 Å². The van der Waals surface area contributed by atoms with Crippen molar-refractivity contribution in [1.82, 2.24) is 25.5 Å². The summed E-state index contributed by atoms with van der Waals surface area (Å²) in [6, 6.07) is 15.3. The molecule has 0 fully saturated rings. The van der Waals surface area contributed by atoms with Gasteiger partial charge >= 0.3 is 5.97 Å². The minimum Gasteiger partial charge on any atom is -0.481 e. The quantitative estimate of drug-likeness (QED) is 0.616. The number of nitrogens with zero attached hydrogens (tertiary/aromatic N) is 4. The Labute approximate surface area is 177 Å². The Hall–Kier alpha value is -3.06. The van der Waals surface area contributed by atoms with Gasteiger partial charge < -0.3 is 5.11 Å². The number of carboxylic acids is 1. The summed E-state index contributed by atoms with van der Waals surface area (Å²) in [5, 5.41) is 25.5. The van der Waals surface area contributed by atoms with E-state index in [1.54, 1.807) is 4.68 Å². The molecule has 1 heterocycles. The number of tetrazole rings is 1. The number of aromatic nitrogens is 4. The van der Waals surface area contributed by atoms with Crippen LogP contribution in [0, 0.1) is 13.8 Å². The lowest BCUT2D eigenvalue weighted by atomic mass is 9.97. The molecule has 7 nitrogen and oxygen atoms in total. The summed E-state index contributed by atoms with van der Waals surface area (Å²) in [6.07, 6.45) is -0.0531. The van der Waals surface area contributed by atoms with Gasteiger partial charge in [-0.1, -0.05) is 59.7 Å². The highest BCUT2D eigenvalue weighted by Gasteiger charge is 2.30. The fourth-order valence-electron chi connectivity index (χ4n) is 3.38. The zero-order valence-corrected chi connectivity index (χ0v) is 18.1. The Bertz CT molecular complexity index is 988. The van der Waals surface area contributed by atoms with Crippen LogP contribution in [0.3, 0.4) is 0 Å². The smallest absolute Gasteiger partial charge is 0.305 e. The molecule has 1 aromatic heterocycles. The standard InChI is InChI=1S/C23H29N5O2/c1-15-6-10-17(11-7-15)19(14-20(29)30)24-21(18-12-8-16(2)9-13-18)22-25-26-27-28(22)23(3,4)5/h6-13,19,21,24H,14H2,1-5H3,(H,29,30). The highest BCUT2D eigenvalue weighted by Crippen LogP contribution is 2.29. The molecule has 2 N–H and O–H groups in total. The first kappa shape index (κ1) is 21.6. The second-order valence-corrected chi connectivity index (χ2v) is 8.69. The van der Waals surface area contributed by atoms with Crippen molar-refractivity contribution in [1.29, 1.82) is 0 Å². The number of benzene rings is 2. The molecule has 0 aliphatic rings. The van der Waals surface area contributed by atoms with Crippen LogP contribution in [0.2, 0.25) is 0 Å². The number of hydrogen-bond acceptors (Lipinski definition) is 5. The molecule has 158 valence electrons. The van der Waals surface area contributed by atoms with E-state index in [-0.39, 0.29) is 18.0 Å². The second kappa shape index (κ2) is 8.75. The van der Waals surface area contributed by atoms with Gasteiger partial charge in [-0.2, -0.15) is 0 Å². The number of hydrogen-bond donors (Lipinski definition) is 2. The van der Waals surface area contributed by atoms with Crippen LogP contribution in [0.5, 0.6) is 0 Å². The lowest BCUT2D eigenvalue weighted by Crippen LogP contribution is -2.34. The van der Waals surface area contributed by atoms with Gasteiger partial charge in [-0.25, -0.2) is 4.68 Å². The van der Waals surface area contributed by atoms with Crippen molar-refractivity contribution in [2.45, 2.75) is 58.7 Å². The van der Waals surface area contributed by atoms with Crippen molar-refractivity contribution in [2.24, 2.45) is 0 Å². The van der Waals surface area contributed by atoms with E-state index in [0.29, 0.717) is 5.82 Å². The molecule has 30 heavy (non-hydrogen) atoms. The zero-order chi connectivity index (χ0) is 21.9. The van der Waals surface area contributed by atoms with Gasteiger partial charge in [0.05, 0.1) is 18.0 Å². The first-order valence-electron chi connectivity index (χ1n) is 10.0. The number of aliphatic carboxylic acids is 1. The highest BCUT2D eigenvalue weighted by atomic mass is 16.4. The van der Waals surface area contributed by atoms with E-state index < -0.39 is 12.0 Å². The Kier molecular flexibility index (Phi) is 6.31. The zero-order valence-electron chi connectivity index (χ0n) is 18.1. The van der Waals surface area contributed by atoms with Gasteiger partial charge in [0.2, 0.25) is 0 Å². The summed E-state index contributed by atoms with van der Waals surface area (Å²) in [6.45, 7) is 10.1. The number of carbonyl (C=O) groups is 1. The molecule has 3 rings (SSSR count). The molecule has 0 aliphatic heterocycles. The summed E-state index contributed by atoms with van der Waals surface area (Å²) in [5.41, 5.74) is 3.83. The maximum atomic E-state index is 11.6. The largest absolute Gasteiger partial charge is 0.481 e. The highest BCUT2D eigenvalue weighted by molar-refractivity contribution is 5.68. The molecule has 3 aromatic rings. The molecule has 7 heteroatoms. The molecule has 0 bridgehead atoms. The fraction of sp³-hybridized carbons (Fsp3) is 0.391. The Morgan fingerprint density at radius 1 is 1.00 bits per heavy atom. The summed E-state index contributed by atoms with van der Waals surface area (Å²) in [7, 11) is 0. The Morgan fingerprint density at radius 2 is 1.53 bits per heavy atom. The average molecular weight is 408 g/mol. The summed E-state index contributed by atoms with van der Waals surface area (Å²) >= 11 is 0. The molecule has 2 atom stereocenters. The Morgan fingerprint density at radius 3 is 2.03 bits per heavy atom. The first-order valence-corrected chi connectivity index (χ1v) is 10.0. The van der Waals surface area contributed by atoms with Crippen LogP contribution in [-0.2, 0) is 10.3 Å². The van der Waals surface area contributed by atoms with Gasteiger partial charge in [-0.3, -0.25) is 10.1 Å². The lowest BCUT2D eigenvalue weighted by molar-refractivity contribution is -0.137. The van der Waals surface area contributed by atoms with Gasteiger partial charge in [0.15, 0.2) is 5.82 Å². The van der Waals surface area contributed by atoms with Crippen molar-refractivity contribution in [2.75, 3.05) is 0 Å². The van der Waals surface area contributed by atoms with Gasteiger partial charge in [0.1, 0.15) is 0 Å². The second-order valence-electron chi connectivity index (χ2n) is 8.69. The van der Waals surface area contributed by atoms with Crippen LogP contribution in [0.4, 0.5) is 0 Å². The Balaban J connectivity index is 2.06. The average Bonchev–Trinajstić information content (AvgIpc) is 3.16. The minimum absolute atomic E-state index is 0.0531. The predicted octanol–water partition coefficient (Wildman–Crippen LogP) is 3.94. The summed E-state index contributed by atoms with van der Waals surface area (Å²) < 4.78 is 1.79. The molecule has 0 saturated heterocycles. The van der Waals surface area contributed by atoms with E-state index in [1.807, 2.05) is 83.1 Å². The maximum absolute atomic E-state index is 11.6. The molecule has 0 amide bonds. The number of rotatable bonds is 7. The summed E-state index contributed by atoms with van der Waals surface area (Å²) in [4.78, 5) is 11.6. The summed E-state index contributed by atoms with van der Waals surface area (Å²) in [5.74, 6) is -0.222. The molecule has 0 spiro atoms. The SMILES string of the molecule is Cc1ccc(C(CC(=O)O)NC(c2ccc(C)cc2)c2nnnn2C(C)(C)C)cc1. The predicted molar refractivity (Wildman–Crippen MR) is 115 cm³/mol. The van der Waals surface area contributed by atoms with Gasteiger partial charge in [-0.15, -0.1) is 5.10 Å². The van der Waals surface area contributed by atoms with Crippen molar-refractivity contribution in [3.63, 3.8) is 0 Å². The van der Waals surface area contributed by atoms with E-state index in [9.17, 15) is 9.90 Å². The minimum atomic E-state index is -0.869. The van der Waals surface area contributed by atoms with Crippen LogP contribution in [-0.4, -0.2) is 31.3 Å². The molecule has 0 aliphatic carbocycles. The van der Waals surface area contributed by atoms with Crippen LogP contribution >= 0.6 is 0 Å². The third-order valence-corrected chi connectivity index (χ3v) is 5.02.